The van der Waals surface area contributed by atoms with Crippen molar-refractivity contribution in [3.8, 4) is 11.1 Å². The third-order valence-electron chi connectivity index (χ3n) is 6.14. The van der Waals surface area contributed by atoms with Gasteiger partial charge in [0.05, 0.1) is 6.54 Å². The fourth-order valence-electron chi connectivity index (χ4n) is 4.50. The average molecular weight is 437 g/mol. The third-order valence-corrected chi connectivity index (χ3v) is 6.14. The van der Waals surface area contributed by atoms with Crippen LogP contribution in [0.15, 0.2) is 53.2 Å². The number of aromatic nitrogens is 2. The van der Waals surface area contributed by atoms with Crippen LogP contribution in [0.5, 0.6) is 0 Å². The molecule has 2 atom stereocenters. The highest BCUT2D eigenvalue weighted by Gasteiger charge is 2.60. The van der Waals surface area contributed by atoms with Crippen LogP contribution in [0.1, 0.15) is 16.2 Å². The lowest BCUT2D eigenvalue weighted by molar-refractivity contribution is 0.0990. The van der Waals surface area contributed by atoms with Crippen molar-refractivity contribution >= 4 is 17.8 Å². The number of carboxylic acid groups (broad SMARTS) is 1. The number of rotatable bonds is 6. The fourth-order valence-corrected chi connectivity index (χ4v) is 4.50. The molecule has 2 aliphatic rings. The van der Waals surface area contributed by atoms with Crippen molar-refractivity contribution in [1.82, 2.24) is 15.0 Å². The van der Waals surface area contributed by atoms with Crippen LogP contribution in [-0.2, 0) is 6.54 Å². The van der Waals surface area contributed by atoms with Gasteiger partial charge in [-0.3, -0.25) is 9.69 Å². The minimum atomic E-state index is -1.05. The summed E-state index contributed by atoms with van der Waals surface area (Å²) >= 11 is 0. The maximum Gasteiger partial charge on any atom is 0.407 e. The zero-order chi connectivity index (χ0) is 22.4. The molecule has 32 heavy (non-hydrogen) atoms. The van der Waals surface area contributed by atoms with Gasteiger partial charge in [0.25, 0.3) is 5.91 Å². The Morgan fingerprint density at radius 3 is 2.41 bits per heavy atom. The normalized spacial score (nSPS) is 21.3. The average Bonchev–Trinajstić information content (AvgIpc) is 3.13. The predicted octanol–water partition coefficient (Wildman–Crippen LogP) is 2.59. The first-order chi connectivity index (χ1) is 15.4. The summed E-state index contributed by atoms with van der Waals surface area (Å²) in [4.78, 5) is 31.0. The molecule has 5 rings (SSSR count). The summed E-state index contributed by atoms with van der Waals surface area (Å²) < 4.78 is 18.2. The number of anilines is 1. The smallest absolute Gasteiger partial charge is 0.407 e. The number of amides is 2. The van der Waals surface area contributed by atoms with E-state index in [1.165, 1.54) is 23.1 Å². The first kappa shape index (κ1) is 20.0. The second kappa shape index (κ2) is 7.63. The number of fused-ring (bicyclic) bond motifs is 1. The second-order valence-electron chi connectivity index (χ2n) is 8.09. The summed E-state index contributed by atoms with van der Waals surface area (Å²) in [5.74, 6) is 0.493. The molecule has 0 bridgehead atoms. The molecule has 3 heterocycles. The molecule has 0 spiro atoms. The van der Waals surface area contributed by atoms with Gasteiger partial charge in [0.15, 0.2) is 11.5 Å². The van der Waals surface area contributed by atoms with Gasteiger partial charge in [-0.15, -0.1) is 0 Å². The quantitative estimate of drug-likeness (QED) is 0.607. The van der Waals surface area contributed by atoms with E-state index >= 15 is 0 Å². The Morgan fingerprint density at radius 1 is 1.16 bits per heavy atom. The zero-order valence-corrected chi connectivity index (χ0v) is 16.9. The standard InChI is InChI=1S/C22H20FN5O4/c23-14-4-1-12(2-5-14)13-3-6-19(25-8-13)27-10-16-17(11-27)20(16)28(22(30)31)9-15-7-18(21(24)29)26-32-15/h1-8,16-17,20H,9-11H2,(H2,24,29)(H,30,31). The van der Waals surface area contributed by atoms with Crippen molar-refractivity contribution in [2.75, 3.05) is 18.0 Å². The number of nitrogens with two attached hydrogens (primary N) is 1. The Kier molecular flexibility index (Phi) is 4.76. The van der Waals surface area contributed by atoms with Gasteiger partial charge in [-0.1, -0.05) is 17.3 Å². The van der Waals surface area contributed by atoms with Crippen molar-refractivity contribution in [2.45, 2.75) is 12.6 Å². The third kappa shape index (κ3) is 3.64. The number of primary amides is 1. The molecule has 3 aromatic rings. The Labute approximate surface area is 182 Å². The summed E-state index contributed by atoms with van der Waals surface area (Å²) in [5.41, 5.74) is 6.93. The molecule has 164 valence electrons. The minimum Gasteiger partial charge on any atom is -0.465 e. The maximum atomic E-state index is 13.1. The number of benzene rings is 1. The highest BCUT2D eigenvalue weighted by Crippen LogP contribution is 2.50. The Hall–Kier alpha value is -3.95. The molecule has 3 N–H and O–H groups in total. The van der Waals surface area contributed by atoms with Crippen molar-refractivity contribution in [3.05, 3.63) is 65.9 Å². The topological polar surface area (TPSA) is 126 Å². The number of hydrogen-bond donors (Lipinski definition) is 2. The number of pyridine rings is 1. The fraction of sp³-hybridized carbons (Fsp3) is 0.273. The molecule has 2 fully saturated rings. The summed E-state index contributed by atoms with van der Waals surface area (Å²) in [6.45, 7) is 1.41. The summed E-state index contributed by atoms with van der Waals surface area (Å²) in [5, 5.41) is 13.2. The molecule has 9 nitrogen and oxygen atoms in total. The van der Waals surface area contributed by atoms with Gasteiger partial charge in [0, 0.05) is 48.8 Å². The van der Waals surface area contributed by atoms with Gasteiger partial charge >= 0.3 is 6.09 Å². The number of carbonyl (C=O) groups is 2. The van der Waals surface area contributed by atoms with E-state index in [2.05, 4.69) is 15.0 Å². The van der Waals surface area contributed by atoms with Crippen LogP contribution in [0, 0.1) is 17.7 Å². The Morgan fingerprint density at radius 2 is 1.84 bits per heavy atom. The van der Waals surface area contributed by atoms with E-state index < -0.39 is 12.0 Å². The molecular formula is C22H20FN5O4. The molecular weight excluding hydrogens is 417 g/mol. The van der Waals surface area contributed by atoms with Crippen molar-refractivity contribution in [1.29, 1.82) is 0 Å². The van der Waals surface area contributed by atoms with Crippen LogP contribution in [0.4, 0.5) is 15.0 Å². The lowest BCUT2D eigenvalue weighted by Gasteiger charge is -2.25. The molecule has 2 unspecified atom stereocenters. The lowest BCUT2D eigenvalue weighted by Crippen LogP contribution is -2.37. The van der Waals surface area contributed by atoms with Crippen molar-refractivity contribution in [3.63, 3.8) is 0 Å². The van der Waals surface area contributed by atoms with E-state index in [0.29, 0.717) is 13.1 Å². The van der Waals surface area contributed by atoms with Gasteiger partial charge < -0.3 is 20.3 Å². The van der Waals surface area contributed by atoms with Crippen LogP contribution in [0.2, 0.25) is 0 Å². The largest absolute Gasteiger partial charge is 0.465 e. The zero-order valence-electron chi connectivity index (χ0n) is 16.9. The molecule has 1 aromatic carbocycles. The van der Waals surface area contributed by atoms with Gasteiger partial charge in [-0.25, -0.2) is 14.2 Å². The number of piperidine rings is 1. The number of carbonyl (C=O) groups excluding carboxylic acids is 1. The van der Waals surface area contributed by atoms with Gasteiger partial charge in [0.2, 0.25) is 0 Å². The summed E-state index contributed by atoms with van der Waals surface area (Å²) in [6.07, 6.45) is 0.711. The molecule has 10 heteroatoms. The first-order valence-electron chi connectivity index (χ1n) is 10.1. The van der Waals surface area contributed by atoms with E-state index in [9.17, 15) is 19.1 Å². The predicted molar refractivity (Wildman–Crippen MR) is 111 cm³/mol. The molecule has 2 amide bonds. The Balaban J connectivity index is 1.22. The first-order valence-corrected chi connectivity index (χ1v) is 10.1. The van der Waals surface area contributed by atoms with E-state index in [1.54, 1.807) is 18.3 Å². The van der Waals surface area contributed by atoms with E-state index in [0.717, 1.165) is 16.9 Å². The van der Waals surface area contributed by atoms with Crippen LogP contribution in [0.25, 0.3) is 11.1 Å². The monoisotopic (exact) mass is 437 g/mol. The summed E-state index contributed by atoms with van der Waals surface area (Å²) in [6, 6.07) is 11.4. The van der Waals surface area contributed by atoms with Crippen molar-refractivity contribution in [2.24, 2.45) is 17.6 Å². The van der Waals surface area contributed by atoms with Crippen LogP contribution < -0.4 is 10.6 Å². The molecule has 1 aliphatic carbocycles. The molecule has 0 radical (unpaired) electrons. The van der Waals surface area contributed by atoms with Crippen molar-refractivity contribution < 1.29 is 23.6 Å². The van der Waals surface area contributed by atoms with E-state index in [-0.39, 0.29) is 41.7 Å². The van der Waals surface area contributed by atoms with Crippen LogP contribution in [0.3, 0.4) is 0 Å². The van der Waals surface area contributed by atoms with Gasteiger partial charge in [-0.2, -0.15) is 0 Å². The van der Waals surface area contributed by atoms with Gasteiger partial charge in [-0.05, 0) is 29.8 Å². The lowest BCUT2D eigenvalue weighted by atomic mass is 10.1. The van der Waals surface area contributed by atoms with Crippen LogP contribution in [-0.4, -0.2) is 51.3 Å². The van der Waals surface area contributed by atoms with E-state index in [1.807, 2.05) is 12.1 Å². The number of hydrogen-bond acceptors (Lipinski definition) is 6. The second-order valence-corrected chi connectivity index (χ2v) is 8.09. The molecule has 1 saturated heterocycles. The molecule has 2 aromatic heterocycles. The Bertz CT molecular complexity index is 1150. The number of halogens is 1. The maximum absolute atomic E-state index is 13.1. The van der Waals surface area contributed by atoms with E-state index in [4.69, 9.17) is 10.3 Å². The highest BCUT2D eigenvalue weighted by molar-refractivity contribution is 5.90. The molecule has 1 aliphatic heterocycles. The minimum absolute atomic E-state index is 0.0118. The molecule has 1 saturated carbocycles. The van der Waals surface area contributed by atoms with Crippen LogP contribution >= 0.6 is 0 Å². The van der Waals surface area contributed by atoms with Gasteiger partial charge in [0.1, 0.15) is 11.6 Å². The summed E-state index contributed by atoms with van der Waals surface area (Å²) in [7, 11) is 0. The SMILES string of the molecule is NC(=O)c1cc(CN(C(=O)O)C2C3CN(c4ccc(-c5ccc(F)cc5)cn4)CC32)on1. The highest BCUT2D eigenvalue weighted by atomic mass is 19.1. The number of nitrogens with zero attached hydrogens (tertiary/aromatic N) is 4.